The summed E-state index contributed by atoms with van der Waals surface area (Å²) in [5.74, 6) is 0. The van der Waals surface area contributed by atoms with E-state index in [2.05, 4.69) is 23.1 Å². The molecule has 78 valence electrons. The molecular weight excluding hydrogens is 186 g/mol. The summed E-state index contributed by atoms with van der Waals surface area (Å²) in [6.45, 7) is 4.16. The molecule has 0 fully saturated rings. The lowest BCUT2D eigenvalue weighted by molar-refractivity contribution is 0.756. The van der Waals surface area contributed by atoms with Gasteiger partial charge < -0.3 is 0 Å². The van der Waals surface area contributed by atoms with E-state index in [1.165, 1.54) is 11.1 Å². The fourth-order valence-electron chi connectivity index (χ4n) is 1.71. The van der Waals surface area contributed by atoms with Crippen molar-refractivity contribution in [1.29, 1.82) is 0 Å². The number of aromatic nitrogens is 3. The number of pyridine rings is 1. The molecule has 0 aromatic carbocycles. The predicted molar refractivity (Wildman–Crippen MR) is 60.6 cm³/mol. The minimum Gasteiger partial charge on any atom is -0.275 e. The van der Waals surface area contributed by atoms with Crippen molar-refractivity contribution in [3.63, 3.8) is 0 Å². The molecule has 15 heavy (non-hydrogen) atoms. The van der Waals surface area contributed by atoms with Crippen LogP contribution in [0.1, 0.15) is 18.2 Å². The minimum atomic E-state index is 1.01. The maximum Gasteiger partial charge on any atom is 0.0672 e. The number of hydrogen-bond donors (Lipinski definition) is 0. The third-order valence-electron chi connectivity index (χ3n) is 2.53. The Morgan fingerprint density at radius 1 is 1.33 bits per heavy atom. The van der Waals surface area contributed by atoms with Crippen LogP contribution in [0.25, 0.3) is 11.1 Å². The molecule has 0 aliphatic carbocycles. The van der Waals surface area contributed by atoms with E-state index in [-0.39, 0.29) is 0 Å². The van der Waals surface area contributed by atoms with Crippen LogP contribution in [-0.4, -0.2) is 14.8 Å². The Bertz CT molecular complexity index is 471. The molecule has 0 N–H and O–H groups in total. The number of rotatable bonds is 2. The van der Waals surface area contributed by atoms with E-state index < -0.39 is 0 Å². The molecule has 2 aromatic heterocycles. The molecule has 0 aliphatic rings. The molecule has 2 heterocycles. The summed E-state index contributed by atoms with van der Waals surface area (Å²) in [7, 11) is 1.94. The summed E-state index contributed by atoms with van der Waals surface area (Å²) in [5, 5.41) is 4.33. The first-order valence-electron chi connectivity index (χ1n) is 5.15. The maximum absolute atomic E-state index is 4.33. The molecule has 0 aliphatic heterocycles. The van der Waals surface area contributed by atoms with Crippen LogP contribution >= 0.6 is 0 Å². The van der Waals surface area contributed by atoms with Crippen molar-refractivity contribution >= 4 is 0 Å². The molecule has 0 spiro atoms. The molecular formula is C12H15N3. The second-order valence-corrected chi connectivity index (χ2v) is 3.74. The highest BCUT2D eigenvalue weighted by Gasteiger charge is 2.06. The van der Waals surface area contributed by atoms with Crippen LogP contribution < -0.4 is 0 Å². The van der Waals surface area contributed by atoms with Crippen LogP contribution in [0, 0.1) is 6.92 Å². The largest absolute Gasteiger partial charge is 0.275 e. The zero-order valence-corrected chi connectivity index (χ0v) is 9.36. The first-order valence-corrected chi connectivity index (χ1v) is 5.15. The fraction of sp³-hybridized carbons (Fsp3) is 0.333. The summed E-state index contributed by atoms with van der Waals surface area (Å²) in [6.07, 6.45) is 6.85. The van der Waals surface area contributed by atoms with Crippen LogP contribution in [-0.2, 0) is 13.5 Å². The van der Waals surface area contributed by atoms with E-state index in [1.54, 1.807) is 0 Å². The highest BCUT2D eigenvalue weighted by Crippen LogP contribution is 2.22. The van der Waals surface area contributed by atoms with Gasteiger partial charge in [-0.3, -0.25) is 9.67 Å². The van der Waals surface area contributed by atoms with Crippen LogP contribution in [0.5, 0.6) is 0 Å². The van der Waals surface area contributed by atoms with Gasteiger partial charge in [-0.1, -0.05) is 6.92 Å². The average molecular weight is 201 g/mol. The lowest BCUT2D eigenvalue weighted by atomic mass is 10.1. The molecule has 0 amide bonds. The zero-order valence-electron chi connectivity index (χ0n) is 9.36. The Morgan fingerprint density at radius 3 is 2.73 bits per heavy atom. The number of hydrogen-bond acceptors (Lipinski definition) is 2. The molecule has 3 nitrogen and oxygen atoms in total. The Kier molecular flexibility index (Phi) is 2.54. The van der Waals surface area contributed by atoms with Crippen LogP contribution in [0.3, 0.4) is 0 Å². The van der Waals surface area contributed by atoms with Crippen LogP contribution in [0.15, 0.2) is 24.7 Å². The van der Waals surface area contributed by atoms with Crippen molar-refractivity contribution in [2.75, 3.05) is 0 Å². The summed E-state index contributed by atoms with van der Waals surface area (Å²) in [6, 6.07) is 2.18. The first-order chi connectivity index (χ1) is 7.20. The minimum absolute atomic E-state index is 1.01. The van der Waals surface area contributed by atoms with Gasteiger partial charge in [0.25, 0.3) is 0 Å². The van der Waals surface area contributed by atoms with E-state index >= 15 is 0 Å². The van der Waals surface area contributed by atoms with E-state index in [0.717, 1.165) is 17.7 Å². The molecule has 0 atom stereocenters. The van der Waals surface area contributed by atoms with Gasteiger partial charge in [-0.05, 0) is 25.0 Å². The Labute approximate surface area is 89.8 Å². The normalized spacial score (nSPS) is 10.6. The SMILES string of the molecule is CCc1cncc(-c2cn(C)nc2C)c1. The maximum atomic E-state index is 4.33. The number of nitrogens with zero attached hydrogens (tertiary/aromatic N) is 3. The Balaban J connectivity index is 2.49. The third-order valence-corrected chi connectivity index (χ3v) is 2.53. The molecule has 0 saturated heterocycles. The molecule has 0 saturated carbocycles. The van der Waals surface area contributed by atoms with Gasteiger partial charge in [-0.15, -0.1) is 0 Å². The number of aryl methyl sites for hydroxylation is 3. The van der Waals surface area contributed by atoms with Crippen molar-refractivity contribution < 1.29 is 0 Å². The van der Waals surface area contributed by atoms with Gasteiger partial charge in [-0.25, -0.2) is 0 Å². The fourth-order valence-corrected chi connectivity index (χ4v) is 1.71. The Morgan fingerprint density at radius 2 is 2.13 bits per heavy atom. The smallest absolute Gasteiger partial charge is 0.0672 e. The van der Waals surface area contributed by atoms with Crippen molar-refractivity contribution in [1.82, 2.24) is 14.8 Å². The summed E-state index contributed by atoms with van der Waals surface area (Å²) < 4.78 is 1.84. The molecule has 3 heteroatoms. The van der Waals surface area contributed by atoms with Crippen LogP contribution in [0.4, 0.5) is 0 Å². The van der Waals surface area contributed by atoms with E-state index in [9.17, 15) is 0 Å². The highest BCUT2D eigenvalue weighted by atomic mass is 15.2. The van der Waals surface area contributed by atoms with Gasteiger partial charge in [-0.2, -0.15) is 5.10 Å². The van der Waals surface area contributed by atoms with E-state index in [4.69, 9.17) is 0 Å². The second-order valence-electron chi connectivity index (χ2n) is 3.74. The molecule has 2 aromatic rings. The first kappa shape index (κ1) is 9.90. The highest BCUT2D eigenvalue weighted by molar-refractivity contribution is 5.64. The molecule has 0 radical (unpaired) electrons. The van der Waals surface area contributed by atoms with Gasteiger partial charge in [0.1, 0.15) is 0 Å². The van der Waals surface area contributed by atoms with Crippen LogP contribution in [0.2, 0.25) is 0 Å². The van der Waals surface area contributed by atoms with Gasteiger partial charge in [0.2, 0.25) is 0 Å². The molecule has 2 rings (SSSR count). The standard InChI is InChI=1S/C12H15N3/c1-4-10-5-11(7-13-6-10)12-8-15(3)14-9(12)2/h5-8H,4H2,1-3H3. The van der Waals surface area contributed by atoms with Crippen molar-refractivity contribution in [2.45, 2.75) is 20.3 Å². The van der Waals surface area contributed by atoms with Gasteiger partial charge in [0.15, 0.2) is 0 Å². The van der Waals surface area contributed by atoms with Gasteiger partial charge in [0, 0.05) is 36.8 Å². The van der Waals surface area contributed by atoms with Crippen molar-refractivity contribution in [3.8, 4) is 11.1 Å². The third kappa shape index (κ3) is 1.91. The zero-order chi connectivity index (χ0) is 10.8. The lowest BCUT2D eigenvalue weighted by Crippen LogP contribution is -1.86. The summed E-state index contributed by atoms with van der Waals surface area (Å²) >= 11 is 0. The van der Waals surface area contributed by atoms with Gasteiger partial charge in [0.05, 0.1) is 5.69 Å². The topological polar surface area (TPSA) is 30.7 Å². The average Bonchev–Trinajstić information content (AvgIpc) is 2.58. The predicted octanol–water partition coefficient (Wildman–Crippen LogP) is 2.35. The van der Waals surface area contributed by atoms with E-state index in [1.807, 2.05) is 37.2 Å². The van der Waals surface area contributed by atoms with Crippen molar-refractivity contribution in [2.24, 2.45) is 7.05 Å². The quantitative estimate of drug-likeness (QED) is 0.746. The molecule has 0 unspecified atom stereocenters. The lowest BCUT2D eigenvalue weighted by Gasteiger charge is -2.01. The van der Waals surface area contributed by atoms with Crippen molar-refractivity contribution in [3.05, 3.63) is 35.9 Å². The molecule has 0 bridgehead atoms. The van der Waals surface area contributed by atoms with Gasteiger partial charge >= 0.3 is 0 Å². The monoisotopic (exact) mass is 201 g/mol. The summed E-state index contributed by atoms with van der Waals surface area (Å²) in [5.41, 5.74) is 4.63. The Hall–Kier alpha value is -1.64. The second kappa shape index (κ2) is 3.85. The summed E-state index contributed by atoms with van der Waals surface area (Å²) in [4.78, 5) is 4.25. The van der Waals surface area contributed by atoms with E-state index in [0.29, 0.717) is 0 Å².